The highest BCUT2D eigenvalue weighted by Gasteiger charge is 2.19. The highest BCUT2D eigenvalue weighted by atomic mass is 16.6. The SMILES string of the molecule is CC/C=C\C/C=C\C/C=C\CC(=O)OCC(COC(=O)CCCCCCC/C=C\CCCCCCCCC)OC(=O)CCCCCCCCC/C=C\C/C=C\CC. The van der Waals surface area contributed by atoms with E-state index in [4.69, 9.17) is 14.2 Å². The molecule has 0 saturated carbocycles. The van der Waals surface area contributed by atoms with E-state index in [1.807, 2.05) is 6.08 Å². The predicted molar refractivity (Wildman–Crippen MR) is 242 cm³/mol. The van der Waals surface area contributed by atoms with Gasteiger partial charge in [-0.3, -0.25) is 14.4 Å². The summed E-state index contributed by atoms with van der Waals surface area (Å²) in [7, 11) is 0. The van der Waals surface area contributed by atoms with Crippen molar-refractivity contribution in [2.24, 2.45) is 0 Å². The molecule has 0 aliphatic heterocycles. The van der Waals surface area contributed by atoms with Gasteiger partial charge in [-0.1, -0.05) is 184 Å². The lowest BCUT2D eigenvalue weighted by Gasteiger charge is -2.18. The number of carbonyl (C=O) groups excluding carboxylic acids is 3. The molecule has 0 aliphatic rings. The van der Waals surface area contributed by atoms with E-state index in [1.54, 1.807) is 6.08 Å². The van der Waals surface area contributed by atoms with Crippen LogP contribution in [0.5, 0.6) is 0 Å². The molecule has 57 heavy (non-hydrogen) atoms. The topological polar surface area (TPSA) is 78.9 Å². The first-order chi connectivity index (χ1) is 28.0. The molecule has 0 spiro atoms. The molecule has 6 nitrogen and oxygen atoms in total. The molecular weight excluding hydrogens is 709 g/mol. The Kier molecular flexibility index (Phi) is 43.0. The van der Waals surface area contributed by atoms with Gasteiger partial charge in [0.05, 0.1) is 6.42 Å². The average molecular weight is 795 g/mol. The fourth-order valence-corrected chi connectivity index (χ4v) is 6.24. The molecule has 0 aromatic heterocycles. The summed E-state index contributed by atoms with van der Waals surface area (Å²) in [4.78, 5) is 37.7. The number of hydrogen-bond donors (Lipinski definition) is 0. The van der Waals surface area contributed by atoms with Crippen LogP contribution in [0, 0.1) is 0 Å². The van der Waals surface area contributed by atoms with E-state index in [0.717, 1.165) is 89.9 Å². The molecular formula is C51H86O6. The van der Waals surface area contributed by atoms with E-state index in [0.29, 0.717) is 12.8 Å². The zero-order chi connectivity index (χ0) is 41.5. The van der Waals surface area contributed by atoms with E-state index >= 15 is 0 Å². The summed E-state index contributed by atoms with van der Waals surface area (Å²) in [5, 5.41) is 0. The summed E-state index contributed by atoms with van der Waals surface area (Å²) in [5.41, 5.74) is 0. The van der Waals surface area contributed by atoms with Crippen LogP contribution >= 0.6 is 0 Å². The van der Waals surface area contributed by atoms with Gasteiger partial charge in [0.1, 0.15) is 13.2 Å². The Morgan fingerprint density at radius 1 is 0.386 bits per heavy atom. The predicted octanol–water partition coefficient (Wildman–Crippen LogP) is 15.1. The molecule has 0 amide bonds. The first-order valence-electron chi connectivity index (χ1n) is 23.4. The molecule has 0 bridgehead atoms. The highest BCUT2D eigenvalue weighted by molar-refractivity contribution is 5.72. The third-order valence-corrected chi connectivity index (χ3v) is 9.71. The van der Waals surface area contributed by atoms with Crippen molar-refractivity contribution in [3.05, 3.63) is 72.9 Å². The van der Waals surface area contributed by atoms with Gasteiger partial charge in [-0.2, -0.15) is 0 Å². The van der Waals surface area contributed by atoms with Crippen molar-refractivity contribution in [2.75, 3.05) is 13.2 Å². The van der Waals surface area contributed by atoms with Gasteiger partial charge in [-0.25, -0.2) is 0 Å². The van der Waals surface area contributed by atoms with Crippen LogP contribution in [-0.4, -0.2) is 37.2 Å². The fraction of sp³-hybridized carbons (Fsp3) is 0.706. The quantitative estimate of drug-likeness (QED) is 0.0265. The fourth-order valence-electron chi connectivity index (χ4n) is 6.24. The second kappa shape index (κ2) is 45.6. The molecule has 0 saturated heterocycles. The molecule has 0 aromatic rings. The number of unbranched alkanes of at least 4 members (excludes halogenated alkanes) is 19. The van der Waals surface area contributed by atoms with E-state index in [9.17, 15) is 14.4 Å². The number of hydrogen-bond acceptors (Lipinski definition) is 6. The van der Waals surface area contributed by atoms with Crippen molar-refractivity contribution in [2.45, 2.75) is 219 Å². The summed E-state index contributed by atoms with van der Waals surface area (Å²) in [5.74, 6) is -1.06. The molecule has 0 rings (SSSR count). The Hall–Kier alpha value is -3.15. The molecule has 6 heteroatoms. The monoisotopic (exact) mass is 795 g/mol. The summed E-state index contributed by atoms with van der Waals surface area (Å²) < 4.78 is 16.6. The Balaban J connectivity index is 4.42. The van der Waals surface area contributed by atoms with Crippen LogP contribution in [0.15, 0.2) is 72.9 Å². The van der Waals surface area contributed by atoms with Crippen LogP contribution in [0.1, 0.15) is 213 Å². The Bertz CT molecular complexity index is 1100. The minimum atomic E-state index is -0.816. The van der Waals surface area contributed by atoms with E-state index in [2.05, 4.69) is 81.5 Å². The summed E-state index contributed by atoms with van der Waals surface area (Å²) in [6.07, 6.45) is 56.4. The zero-order valence-electron chi connectivity index (χ0n) is 37.1. The normalized spacial score (nSPS) is 12.7. The molecule has 0 N–H and O–H groups in total. The summed E-state index contributed by atoms with van der Waals surface area (Å²) >= 11 is 0. The molecule has 1 atom stereocenters. The van der Waals surface area contributed by atoms with Gasteiger partial charge in [0.15, 0.2) is 6.10 Å². The Morgan fingerprint density at radius 2 is 0.754 bits per heavy atom. The first kappa shape index (κ1) is 53.9. The van der Waals surface area contributed by atoms with Crippen LogP contribution in [0.2, 0.25) is 0 Å². The Labute approximate surface area is 351 Å². The lowest BCUT2D eigenvalue weighted by atomic mass is 10.1. The lowest BCUT2D eigenvalue weighted by Crippen LogP contribution is -2.30. The van der Waals surface area contributed by atoms with Crippen molar-refractivity contribution in [3.63, 3.8) is 0 Å². The van der Waals surface area contributed by atoms with Crippen molar-refractivity contribution in [3.8, 4) is 0 Å². The third-order valence-electron chi connectivity index (χ3n) is 9.71. The van der Waals surface area contributed by atoms with Crippen LogP contribution in [0.4, 0.5) is 0 Å². The standard InChI is InChI=1S/C51H86O6/c1-4-7-10-13-16-19-21-23-25-26-28-29-32-35-38-41-44-50(53)56-47-48(46-55-49(52)43-40-37-34-31-18-15-12-9-6-3)57-51(54)45-42-39-36-33-30-27-24-22-20-17-14-11-8-5-2/h8-9,11-12,17-18,20,25-26,31,37,40,48H,4-7,10,13-16,19,21-24,27-30,32-36,38-39,41-47H2,1-3H3/b11-8-,12-9-,20-17-,26-25-,31-18-,40-37-. The van der Waals surface area contributed by atoms with Gasteiger partial charge < -0.3 is 14.2 Å². The van der Waals surface area contributed by atoms with Crippen molar-refractivity contribution >= 4 is 17.9 Å². The van der Waals surface area contributed by atoms with Gasteiger partial charge >= 0.3 is 17.9 Å². The third kappa shape index (κ3) is 43.8. The van der Waals surface area contributed by atoms with Crippen molar-refractivity contribution in [1.82, 2.24) is 0 Å². The highest BCUT2D eigenvalue weighted by Crippen LogP contribution is 2.13. The largest absolute Gasteiger partial charge is 0.462 e. The van der Waals surface area contributed by atoms with Crippen LogP contribution in [0.3, 0.4) is 0 Å². The molecule has 0 aliphatic carbocycles. The van der Waals surface area contributed by atoms with Gasteiger partial charge in [-0.15, -0.1) is 0 Å². The maximum Gasteiger partial charge on any atom is 0.309 e. The average Bonchev–Trinajstić information content (AvgIpc) is 3.21. The maximum absolute atomic E-state index is 12.7. The zero-order valence-corrected chi connectivity index (χ0v) is 37.1. The summed E-state index contributed by atoms with van der Waals surface area (Å²) in [6, 6.07) is 0. The lowest BCUT2D eigenvalue weighted by molar-refractivity contribution is -0.166. The van der Waals surface area contributed by atoms with Crippen molar-refractivity contribution in [1.29, 1.82) is 0 Å². The second-order valence-corrected chi connectivity index (χ2v) is 15.3. The van der Waals surface area contributed by atoms with Gasteiger partial charge in [0.2, 0.25) is 0 Å². The first-order valence-corrected chi connectivity index (χ1v) is 23.4. The number of ether oxygens (including phenoxy) is 3. The maximum atomic E-state index is 12.7. The molecule has 0 heterocycles. The number of esters is 3. The van der Waals surface area contributed by atoms with Crippen LogP contribution in [-0.2, 0) is 28.6 Å². The molecule has 0 aromatic carbocycles. The second-order valence-electron chi connectivity index (χ2n) is 15.3. The molecule has 0 radical (unpaired) electrons. The molecule has 326 valence electrons. The van der Waals surface area contributed by atoms with E-state index < -0.39 is 12.1 Å². The minimum absolute atomic E-state index is 0.110. The van der Waals surface area contributed by atoms with Gasteiger partial charge in [-0.05, 0) is 83.5 Å². The summed E-state index contributed by atoms with van der Waals surface area (Å²) in [6.45, 7) is 6.29. The Morgan fingerprint density at radius 3 is 1.25 bits per heavy atom. The number of carbonyl (C=O) groups is 3. The number of rotatable bonds is 41. The van der Waals surface area contributed by atoms with Crippen molar-refractivity contribution < 1.29 is 28.6 Å². The van der Waals surface area contributed by atoms with Crippen LogP contribution in [0.25, 0.3) is 0 Å². The molecule has 0 fully saturated rings. The van der Waals surface area contributed by atoms with Crippen LogP contribution < -0.4 is 0 Å². The van der Waals surface area contributed by atoms with E-state index in [1.165, 1.54) is 83.5 Å². The smallest absolute Gasteiger partial charge is 0.309 e. The minimum Gasteiger partial charge on any atom is -0.462 e. The molecule has 1 unspecified atom stereocenters. The number of allylic oxidation sites excluding steroid dienone is 11. The van der Waals surface area contributed by atoms with Gasteiger partial charge in [0.25, 0.3) is 0 Å². The van der Waals surface area contributed by atoms with Gasteiger partial charge in [0, 0.05) is 12.8 Å². The van der Waals surface area contributed by atoms with E-state index in [-0.39, 0.29) is 31.6 Å².